The van der Waals surface area contributed by atoms with Crippen molar-refractivity contribution < 1.29 is 14.3 Å². The zero-order valence-electron chi connectivity index (χ0n) is 15.0. The second-order valence-electron chi connectivity index (χ2n) is 8.93. The molecule has 4 heteroatoms. The first kappa shape index (κ1) is 16.1. The second-order valence-corrected chi connectivity index (χ2v) is 8.93. The molecular formula is C22H25NO3. The van der Waals surface area contributed by atoms with Crippen molar-refractivity contribution in [3.63, 3.8) is 0 Å². The van der Waals surface area contributed by atoms with Crippen molar-refractivity contribution >= 4 is 22.7 Å². The lowest BCUT2D eigenvalue weighted by Gasteiger charge is -2.56. The van der Waals surface area contributed by atoms with Crippen LogP contribution in [0.25, 0.3) is 10.9 Å². The number of hydrogen-bond donors (Lipinski definition) is 1. The van der Waals surface area contributed by atoms with E-state index in [0.29, 0.717) is 12.0 Å². The number of aromatic nitrogens is 1. The van der Waals surface area contributed by atoms with Gasteiger partial charge in [0.25, 0.3) is 0 Å². The molecular weight excluding hydrogens is 326 g/mol. The second kappa shape index (κ2) is 5.97. The summed E-state index contributed by atoms with van der Waals surface area (Å²) in [6.45, 7) is -0.160. The van der Waals surface area contributed by atoms with Crippen molar-refractivity contribution in [1.29, 1.82) is 0 Å². The van der Waals surface area contributed by atoms with Crippen molar-refractivity contribution in [2.75, 3.05) is 6.61 Å². The van der Waals surface area contributed by atoms with Gasteiger partial charge in [0, 0.05) is 22.7 Å². The first-order valence-electron chi connectivity index (χ1n) is 9.85. The van der Waals surface area contributed by atoms with E-state index in [1.165, 1.54) is 38.5 Å². The van der Waals surface area contributed by atoms with Gasteiger partial charge in [0.2, 0.25) is 5.78 Å². The van der Waals surface area contributed by atoms with Gasteiger partial charge in [-0.05, 0) is 67.8 Å². The zero-order chi connectivity index (χ0) is 17.7. The fraction of sp³-hybridized carbons (Fsp3) is 0.545. The van der Waals surface area contributed by atoms with Crippen LogP contribution in [0.1, 0.15) is 55.3 Å². The molecule has 0 saturated heterocycles. The van der Waals surface area contributed by atoms with E-state index in [2.05, 4.69) is 4.98 Å². The number of nitrogens with one attached hydrogen (secondary N) is 1. The molecule has 2 aromatic rings. The molecule has 1 N–H and O–H groups in total. The third-order valence-electron chi connectivity index (χ3n) is 6.94. The maximum absolute atomic E-state index is 12.5. The number of Topliss-reactive ketones (excluding diaryl/α,β-unsaturated/α-hetero) is 1. The van der Waals surface area contributed by atoms with E-state index >= 15 is 0 Å². The highest BCUT2D eigenvalue weighted by Crippen LogP contribution is 2.61. The van der Waals surface area contributed by atoms with Crippen molar-refractivity contribution in [2.24, 2.45) is 23.2 Å². The van der Waals surface area contributed by atoms with E-state index in [4.69, 9.17) is 4.74 Å². The average Bonchev–Trinajstić information content (AvgIpc) is 3.02. The Hall–Kier alpha value is -2.10. The lowest BCUT2D eigenvalue weighted by molar-refractivity contribution is -0.150. The molecule has 1 heterocycles. The Morgan fingerprint density at radius 2 is 1.69 bits per heavy atom. The van der Waals surface area contributed by atoms with Crippen LogP contribution < -0.4 is 0 Å². The van der Waals surface area contributed by atoms with Gasteiger partial charge in [-0.15, -0.1) is 0 Å². The Labute approximate surface area is 153 Å². The minimum atomic E-state index is -0.194. The van der Waals surface area contributed by atoms with Gasteiger partial charge in [-0.2, -0.15) is 0 Å². The summed E-state index contributed by atoms with van der Waals surface area (Å²) >= 11 is 0. The summed E-state index contributed by atoms with van der Waals surface area (Å²) < 4.78 is 5.41. The molecule has 4 aliphatic carbocycles. The SMILES string of the molecule is O=C(CC12CC3CC(CC(C3)C1)C2)OCC(=O)c1c[nH]c2ccccc12. The van der Waals surface area contributed by atoms with Crippen molar-refractivity contribution in [2.45, 2.75) is 44.9 Å². The fourth-order valence-electron chi connectivity index (χ4n) is 6.39. The van der Waals surface area contributed by atoms with Crippen LogP contribution in [-0.2, 0) is 9.53 Å². The Balaban J connectivity index is 1.22. The highest BCUT2D eigenvalue weighted by Gasteiger charge is 2.51. The predicted molar refractivity (Wildman–Crippen MR) is 98.8 cm³/mol. The maximum Gasteiger partial charge on any atom is 0.306 e. The molecule has 4 saturated carbocycles. The van der Waals surface area contributed by atoms with Gasteiger partial charge in [0.1, 0.15) is 0 Å². The highest BCUT2D eigenvalue weighted by molar-refractivity contribution is 6.08. The van der Waals surface area contributed by atoms with E-state index < -0.39 is 0 Å². The van der Waals surface area contributed by atoms with E-state index in [0.717, 1.165) is 28.7 Å². The Morgan fingerprint density at radius 1 is 1.04 bits per heavy atom. The van der Waals surface area contributed by atoms with E-state index in [9.17, 15) is 9.59 Å². The van der Waals surface area contributed by atoms with Crippen LogP contribution in [0.15, 0.2) is 30.5 Å². The first-order chi connectivity index (χ1) is 12.6. The number of ketones is 1. The van der Waals surface area contributed by atoms with Crippen LogP contribution in [0, 0.1) is 23.2 Å². The number of aromatic amines is 1. The monoisotopic (exact) mass is 351 g/mol. The molecule has 0 spiro atoms. The molecule has 1 aromatic carbocycles. The Kier molecular flexibility index (Phi) is 3.70. The number of benzene rings is 1. The number of H-pyrrole nitrogens is 1. The number of para-hydroxylation sites is 1. The standard InChI is InChI=1S/C22H25NO3/c24-20(18-12-23-19-4-2-1-3-17(18)19)13-26-21(25)11-22-8-14-5-15(9-22)7-16(6-14)10-22/h1-4,12,14-16,23H,5-11,13H2. The van der Waals surface area contributed by atoms with Crippen LogP contribution in [0.5, 0.6) is 0 Å². The zero-order valence-corrected chi connectivity index (χ0v) is 15.0. The quantitative estimate of drug-likeness (QED) is 0.637. The molecule has 4 nitrogen and oxygen atoms in total. The van der Waals surface area contributed by atoms with Crippen molar-refractivity contribution in [3.8, 4) is 0 Å². The number of hydrogen-bond acceptors (Lipinski definition) is 3. The van der Waals surface area contributed by atoms with Crippen LogP contribution >= 0.6 is 0 Å². The van der Waals surface area contributed by atoms with Crippen molar-refractivity contribution in [3.05, 3.63) is 36.0 Å². The summed E-state index contributed by atoms with van der Waals surface area (Å²) in [7, 11) is 0. The summed E-state index contributed by atoms with van der Waals surface area (Å²) in [5.41, 5.74) is 1.69. The molecule has 0 radical (unpaired) electrons. The summed E-state index contributed by atoms with van der Waals surface area (Å²) in [5, 5.41) is 0.884. The third-order valence-corrected chi connectivity index (χ3v) is 6.94. The van der Waals surface area contributed by atoms with Gasteiger partial charge < -0.3 is 9.72 Å². The van der Waals surface area contributed by atoms with Gasteiger partial charge in [0.05, 0.1) is 6.42 Å². The lowest BCUT2D eigenvalue weighted by Crippen LogP contribution is -2.47. The van der Waals surface area contributed by atoms with Gasteiger partial charge >= 0.3 is 5.97 Å². The van der Waals surface area contributed by atoms with Crippen LogP contribution in [0.4, 0.5) is 0 Å². The molecule has 136 valence electrons. The summed E-state index contributed by atoms with van der Waals surface area (Å²) in [4.78, 5) is 28.1. The molecule has 26 heavy (non-hydrogen) atoms. The van der Waals surface area contributed by atoms with Gasteiger partial charge in [0.15, 0.2) is 6.61 Å². The Morgan fingerprint density at radius 3 is 2.38 bits per heavy atom. The number of ether oxygens (including phenoxy) is 1. The summed E-state index contributed by atoms with van der Waals surface area (Å²) in [6.07, 6.45) is 9.87. The number of carbonyl (C=O) groups is 2. The van der Waals surface area contributed by atoms with Gasteiger partial charge in [-0.1, -0.05) is 18.2 Å². The number of esters is 1. The number of carbonyl (C=O) groups excluding carboxylic acids is 2. The normalized spacial score (nSPS) is 32.1. The van der Waals surface area contributed by atoms with Gasteiger partial charge in [-0.3, -0.25) is 9.59 Å². The third kappa shape index (κ3) is 2.76. The molecule has 0 aliphatic heterocycles. The number of rotatable bonds is 5. The molecule has 0 unspecified atom stereocenters. The minimum Gasteiger partial charge on any atom is -0.457 e. The van der Waals surface area contributed by atoms with E-state index in [-0.39, 0.29) is 23.8 Å². The smallest absolute Gasteiger partial charge is 0.306 e. The topological polar surface area (TPSA) is 59.2 Å². The van der Waals surface area contributed by atoms with E-state index in [1.54, 1.807) is 6.20 Å². The largest absolute Gasteiger partial charge is 0.457 e. The fourth-order valence-corrected chi connectivity index (χ4v) is 6.39. The molecule has 4 bridgehead atoms. The molecule has 4 fully saturated rings. The molecule has 0 amide bonds. The van der Waals surface area contributed by atoms with Crippen molar-refractivity contribution in [1.82, 2.24) is 4.98 Å². The molecule has 1 aromatic heterocycles. The van der Waals surface area contributed by atoms with Gasteiger partial charge in [-0.25, -0.2) is 0 Å². The molecule has 4 aliphatic rings. The van der Waals surface area contributed by atoms with Crippen LogP contribution in [-0.4, -0.2) is 23.3 Å². The van der Waals surface area contributed by atoms with E-state index in [1.807, 2.05) is 24.3 Å². The minimum absolute atomic E-state index is 0.138. The number of fused-ring (bicyclic) bond motifs is 1. The average molecular weight is 351 g/mol. The highest BCUT2D eigenvalue weighted by atomic mass is 16.5. The lowest BCUT2D eigenvalue weighted by atomic mass is 9.49. The molecule has 6 rings (SSSR count). The van der Waals surface area contributed by atoms with Crippen LogP contribution in [0.2, 0.25) is 0 Å². The van der Waals surface area contributed by atoms with Crippen LogP contribution in [0.3, 0.4) is 0 Å². The molecule has 0 atom stereocenters. The predicted octanol–water partition coefficient (Wildman–Crippen LogP) is 4.50. The Bertz CT molecular complexity index is 830. The first-order valence-corrected chi connectivity index (χ1v) is 9.85. The summed E-state index contributed by atoms with van der Waals surface area (Å²) in [6, 6.07) is 7.69. The summed E-state index contributed by atoms with van der Waals surface area (Å²) in [5.74, 6) is 2.13. The maximum atomic E-state index is 12.5.